The van der Waals surface area contributed by atoms with Crippen molar-refractivity contribution in [3.8, 4) is 11.3 Å². The summed E-state index contributed by atoms with van der Waals surface area (Å²) < 4.78 is 5.70. The van der Waals surface area contributed by atoms with E-state index in [1.165, 1.54) is 24.3 Å². The number of hydrogen-bond acceptors (Lipinski definition) is 6. The molecule has 1 saturated heterocycles. The Bertz CT molecular complexity index is 1310. The fraction of sp³-hybridized carbons (Fsp3) is 0.0833. The summed E-state index contributed by atoms with van der Waals surface area (Å²) in [5.41, 5.74) is 1.74. The molecule has 2 heterocycles. The number of imide groups is 1. The summed E-state index contributed by atoms with van der Waals surface area (Å²) >= 11 is 0.801. The smallest absolute Gasteiger partial charge is 0.335 e. The second-order valence-corrected chi connectivity index (χ2v) is 8.36. The molecule has 0 bridgehead atoms. The Balaban J connectivity index is 1.59. The molecule has 1 aliphatic rings. The number of amides is 2. The maximum absolute atomic E-state index is 12.8. The predicted octanol–water partition coefficient (Wildman–Crippen LogP) is 4.89. The molecular formula is C24H17NO7S. The molecule has 0 unspecified atom stereocenters. The first-order valence-corrected chi connectivity index (χ1v) is 10.6. The standard InChI is InChI=1S/C24H17NO7S/c1-13-3-2-4-14(7-13)12-25-21(26)20(33-24(25)31)11-18-5-6-19(32-18)15-8-16(22(27)28)10-17(9-15)23(29)30/h2-11H,12H2,1H3,(H,27,28)(H,29,30)/b20-11+. The minimum Gasteiger partial charge on any atom is -0.478 e. The number of rotatable bonds is 6. The molecular weight excluding hydrogens is 446 g/mol. The van der Waals surface area contributed by atoms with E-state index < -0.39 is 17.8 Å². The Labute approximate surface area is 192 Å². The first-order valence-electron chi connectivity index (χ1n) is 9.74. The molecule has 166 valence electrons. The van der Waals surface area contributed by atoms with E-state index in [0.717, 1.165) is 33.9 Å². The van der Waals surface area contributed by atoms with Gasteiger partial charge in [-0.1, -0.05) is 29.8 Å². The van der Waals surface area contributed by atoms with Gasteiger partial charge in [-0.15, -0.1) is 0 Å². The summed E-state index contributed by atoms with van der Waals surface area (Å²) in [6.07, 6.45) is 1.43. The van der Waals surface area contributed by atoms with Gasteiger partial charge in [0.1, 0.15) is 11.5 Å². The van der Waals surface area contributed by atoms with Crippen LogP contribution in [0.4, 0.5) is 4.79 Å². The second-order valence-electron chi connectivity index (χ2n) is 7.37. The predicted molar refractivity (Wildman–Crippen MR) is 121 cm³/mol. The van der Waals surface area contributed by atoms with Crippen LogP contribution in [0, 0.1) is 6.92 Å². The number of carboxylic acids is 2. The van der Waals surface area contributed by atoms with Crippen LogP contribution in [-0.4, -0.2) is 38.2 Å². The molecule has 2 N–H and O–H groups in total. The highest BCUT2D eigenvalue weighted by Gasteiger charge is 2.35. The Morgan fingerprint density at radius 1 is 1.00 bits per heavy atom. The number of carbonyl (C=O) groups excluding carboxylic acids is 2. The average molecular weight is 463 g/mol. The first-order chi connectivity index (χ1) is 15.7. The third kappa shape index (κ3) is 4.73. The highest BCUT2D eigenvalue weighted by molar-refractivity contribution is 8.18. The van der Waals surface area contributed by atoms with E-state index >= 15 is 0 Å². The fourth-order valence-corrected chi connectivity index (χ4v) is 4.18. The van der Waals surface area contributed by atoms with Crippen molar-refractivity contribution >= 4 is 40.9 Å². The molecule has 0 spiro atoms. The maximum Gasteiger partial charge on any atom is 0.335 e. The van der Waals surface area contributed by atoms with E-state index in [1.807, 2.05) is 31.2 Å². The molecule has 9 heteroatoms. The van der Waals surface area contributed by atoms with Crippen LogP contribution in [0.3, 0.4) is 0 Å². The molecule has 1 aromatic heterocycles. The summed E-state index contributed by atoms with van der Waals surface area (Å²) in [6, 6.07) is 14.3. The summed E-state index contributed by atoms with van der Waals surface area (Å²) in [5.74, 6) is -2.48. The Morgan fingerprint density at radius 3 is 2.33 bits per heavy atom. The molecule has 1 fully saturated rings. The minimum absolute atomic E-state index is 0.160. The van der Waals surface area contributed by atoms with Crippen molar-refractivity contribution in [2.45, 2.75) is 13.5 Å². The van der Waals surface area contributed by atoms with Crippen molar-refractivity contribution in [1.82, 2.24) is 4.90 Å². The van der Waals surface area contributed by atoms with E-state index in [0.29, 0.717) is 0 Å². The van der Waals surface area contributed by atoms with Crippen LogP contribution in [0.25, 0.3) is 17.4 Å². The lowest BCUT2D eigenvalue weighted by molar-refractivity contribution is -0.123. The number of hydrogen-bond donors (Lipinski definition) is 2. The van der Waals surface area contributed by atoms with E-state index in [1.54, 1.807) is 6.07 Å². The van der Waals surface area contributed by atoms with Gasteiger partial charge < -0.3 is 14.6 Å². The monoisotopic (exact) mass is 463 g/mol. The van der Waals surface area contributed by atoms with Gasteiger partial charge in [-0.3, -0.25) is 14.5 Å². The lowest BCUT2D eigenvalue weighted by Gasteiger charge is -2.12. The number of benzene rings is 2. The van der Waals surface area contributed by atoms with Crippen molar-refractivity contribution in [3.05, 3.63) is 87.5 Å². The molecule has 0 aliphatic carbocycles. The van der Waals surface area contributed by atoms with Crippen LogP contribution in [-0.2, 0) is 11.3 Å². The minimum atomic E-state index is -1.27. The summed E-state index contributed by atoms with van der Waals surface area (Å²) in [4.78, 5) is 49.2. The molecule has 0 saturated carbocycles. The number of carbonyl (C=O) groups is 4. The van der Waals surface area contributed by atoms with Gasteiger partial charge in [0, 0.05) is 11.6 Å². The average Bonchev–Trinajstić information content (AvgIpc) is 3.34. The van der Waals surface area contributed by atoms with Crippen molar-refractivity contribution in [2.75, 3.05) is 0 Å². The van der Waals surface area contributed by atoms with Gasteiger partial charge in [0.05, 0.1) is 22.6 Å². The van der Waals surface area contributed by atoms with Crippen molar-refractivity contribution in [2.24, 2.45) is 0 Å². The number of thioether (sulfide) groups is 1. The lowest BCUT2D eigenvalue weighted by atomic mass is 10.0. The van der Waals surface area contributed by atoms with Crippen molar-refractivity contribution in [1.29, 1.82) is 0 Å². The summed E-state index contributed by atoms with van der Waals surface area (Å²) in [6.45, 7) is 2.09. The summed E-state index contributed by atoms with van der Waals surface area (Å²) in [7, 11) is 0. The third-order valence-electron chi connectivity index (χ3n) is 4.91. The molecule has 0 atom stereocenters. The van der Waals surface area contributed by atoms with Gasteiger partial charge in [0.2, 0.25) is 0 Å². The largest absolute Gasteiger partial charge is 0.478 e. The number of nitrogens with zero attached hydrogens (tertiary/aromatic N) is 1. The van der Waals surface area contributed by atoms with Gasteiger partial charge >= 0.3 is 11.9 Å². The normalized spacial score (nSPS) is 14.8. The molecule has 8 nitrogen and oxygen atoms in total. The molecule has 2 aromatic carbocycles. The molecule has 3 aromatic rings. The van der Waals surface area contributed by atoms with Gasteiger partial charge in [0.15, 0.2) is 0 Å². The number of aryl methyl sites for hydroxylation is 1. The van der Waals surface area contributed by atoms with Crippen LogP contribution in [0.1, 0.15) is 37.6 Å². The zero-order valence-corrected chi connectivity index (χ0v) is 18.1. The van der Waals surface area contributed by atoms with Crippen LogP contribution >= 0.6 is 11.8 Å². The van der Waals surface area contributed by atoms with Crippen LogP contribution in [0.2, 0.25) is 0 Å². The number of carboxylic acid groups (broad SMARTS) is 2. The Kier molecular flexibility index (Phi) is 5.89. The zero-order chi connectivity index (χ0) is 23.7. The van der Waals surface area contributed by atoms with Crippen molar-refractivity contribution in [3.63, 3.8) is 0 Å². The van der Waals surface area contributed by atoms with Gasteiger partial charge in [-0.2, -0.15) is 0 Å². The van der Waals surface area contributed by atoms with E-state index in [9.17, 15) is 29.4 Å². The molecule has 4 rings (SSSR count). The van der Waals surface area contributed by atoms with E-state index in [4.69, 9.17) is 4.42 Å². The fourth-order valence-electron chi connectivity index (χ4n) is 3.36. The van der Waals surface area contributed by atoms with Gasteiger partial charge in [-0.25, -0.2) is 9.59 Å². The molecule has 1 aliphatic heterocycles. The van der Waals surface area contributed by atoms with E-state index in [2.05, 4.69) is 0 Å². The topological polar surface area (TPSA) is 125 Å². The second kappa shape index (κ2) is 8.79. The zero-order valence-electron chi connectivity index (χ0n) is 17.3. The Morgan fingerprint density at radius 2 is 1.70 bits per heavy atom. The molecule has 2 amide bonds. The molecule has 0 radical (unpaired) electrons. The van der Waals surface area contributed by atoms with Crippen LogP contribution in [0.15, 0.2) is 63.9 Å². The number of furan rings is 1. The molecule has 33 heavy (non-hydrogen) atoms. The maximum atomic E-state index is 12.8. The number of aromatic carboxylic acids is 2. The summed E-state index contributed by atoms with van der Waals surface area (Å²) in [5, 5.41) is 18.1. The van der Waals surface area contributed by atoms with Crippen molar-refractivity contribution < 1.29 is 33.8 Å². The first kappa shape index (κ1) is 22.1. The third-order valence-corrected chi connectivity index (χ3v) is 5.82. The Hall–Kier alpha value is -4.11. The van der Waals surface area contributed by atoms with E-state index in [-0.39, 0.29) is 44.9 Å². The SMILES string of the molecule is Cc1cccc(CN2C(=O)S/C(=C/c3ccc(-c4cc(C(=O)O)cc(C(=O)O)c4)o3)C2=O)c1. The quantitative estimate of drug-likeness (QED) is 0.495. The van der Waals surface area contributed by atoms with Crippen LogP contribution < -0.4 is 0 Å². The highest BCUT2D eigenvalue weighted by atomic mass is 32.2. The van der Waals surface area contributed by atoms with Crippen LogP contribution in [0.5, 0.6) is 0 Å². The van der Waals surface area contributed by atoms with Gasteiger partial charge in [0.25, 0.3) is 11.1 Å². The lowest BCUT2D eigenvalue weighted by Crippen LogP contribution is -2.27. The highest BCUT2D eigenvalue weighted by Crippen LogP contribution is 2.34. The van der Waals surface area contributed by atoms with Gasteiger partial charge in [-0.05, 0) is 54.6 Å².